The van der Waals surface area contributed by atoms with Crippen molar-refractivity contribution in [1.82, 2.24) is 20.3 Å². The van der Waals surface area contributed by atoms with Crippen molar-refractivity contribution in [2.45, 2.75) is 57.8 Å². The van der Waals surface area contributed by atoms with Crippen LogP contribution >= 0.6 is 11.6 Å². The number of carboxylic acid groups (broad SMARTS) is 1. The molecule has 2 aromatic rings. The first kappa shape index (κ1) is 29.8. The first-order valence-electron chi connectivity index (χ1n) is 11.6. The van der Waals surface area contributed by atoms with Crippen LogP contribution in [0.15, 0.2) is 30.5 Å². The van der Waals surface area contributed by atoms with Crippen LogP contribution in [0.1, 0.15) is 60.8 Å². The van der Waals surface area contributed by atoms with Crippen molar-refractivity contribution in [3.8, 4) is 6.07 Å². The lowest BCUT2D eigenvalue weighted by atomic mass is 10.1. The Morgan fingerprint density at radius 3 is 2.35 bits per heavy atom. The van der Waals surface area contributed by atoms with E-state index >= 15 is 0 Å². The second-order valence-electron chi connectivity index (χ2n) is 8.46. The summed E-state index contributed by atoms with van der Waals surface area (Å²) >= 11 is 6.32. The summed E-state index contributed by atoms with van der Waals surface area (Å²) in [5, 5.41) is 18.3. The summed E-state index contributed by atoms with van der Waals surface area (Å²) in [5.41, 5.74) is 4.68. The molecule has 2 N–H and O–H groups in total. The van der Waals surface area contributed by atoms with Crippen molar-refractivity contribution in [3.05, 3.63) is 52.4 Å². The first-order valence-corrected chi connectivity index (χ1v) is 11.9. The third kappa shape index (κ3) is 9.18. The van der Waals surface area contributed by atoms with Gasteiger partial charge in [0.05, 0.1) is 12.2 Å². The van der Waals surface area contributed by atoms with Gasteiger partial charge in [0.2, 0.25) is 5.82 Å². The Labute approximate surface area is 217 Å². The summed E-state index contributed by atoms with van der Waals surface area (Å²) in [4.78, 5) is 32.3. The molecule has 0 atom stereocenters. The summed E-state index contributed by atoms with van der Waals surface area (Å²) in [6, 6.07) is 9.63. The molecule has 0 bridgehead atoms. The molecule has 13 heteroatoms. The maximum absolute atomic E-state index is 13.0. The Bertz CT molecular complexity index is 1100. The number of hydrogen-bond donors (Lipinski definition) is 2. The lowest BCUT2D eigenvalue weighted by Gasteiger charge is -2.30. The molecule has 3 rings (SSSR count). The van der Waals surface area contributed by atoms with Gasteiger partial charge in [-0.15, -0.1) is 0 Å². The number of carbonyl (C=O) groups is 2. The van der Waals surface area contributed by atoms with Gasteiger partial charge in [0.15, 0.2) is 5.82 Å². The van der Waals surface area contributed by atoms with Crippen LogP contribution in [0.2, 0.25) is 5.02 Å². The van der Waals surface area contributed by atoms with Crippen molar-refractivity contribution in [2.75, 3.05) is 18.6 Å². The molecule has 37 heavy (non-hydrogen) atoms. The summed E-state index contributed by atoms with van der Waals surface area (Å²) in [6.07, 6.45) is 1.41. The minimum Gasteiger partial charge on any atom is -0.475 e. The summed E-state index contributed by atoms with van der Waals surface area (Å²) in [5.74, 6) is -2.61. The van der Waals surface area contributed by atoms with Crippen LogP contribution in [0.3, 0.4) is 0 Å². The van der Waals surface area contributed by atoms with E-state index < -0.39 is 12.1 Å². The predicted molar refractivity (Wildman–Crippen MR) is 131 cm³/mol. The number of rotatable bonds is 8. The third-order valence-corrected chi connectivity index (χ3v) is 5.75. The molecular formula is C24H28ClF3N6O3. The van der Waals surface area contributed by atoms with Crippen molar-refractivity contribution in [2.24, 2.45) is 0 Å². The van der Waals surface area contributed by atoms with Gasteiger partial charge in [-0.2, -0.15) is 23.4 Å². The Morgan fingerprint density at radius 2 is 1.84 bits per heavy atom. The van der Waals surface area contributed by atoms with Gasteiger partial charge in [-0.05, 0) is 50.6 Å². The van der Waals surface area contributed by atoms with Gasteiger partial charge >= 0.3 is 12.1 Å². The molecule has 0 radical (unpaired) electrons. The maximum Gasteiger partial charge on any atom is 0.490 e. The van der Waals surface area contributed by atoms with Crippen LogP contribution in [-0.4, -0.2) is 57.7 Å². The topological polar surface area (TPSA) is 122 Å². The number of nitriles is 1. The molecule has 0 saturated heterocycles. The monoisotopic (exact) mass is 540 g/mol. The standard InChI is InChI=1S/C22H27ClN6O.C2HF3O2/c1-3-12-28(2)15-16-8-10-17(11-9-16)22(30)27-29(18-6-4-5-7-18)21-19(23)14-25-20(13-24)26-21;3-2(4,5)1(6)7/h8-11,14,18H,3-7,12,15H2,1-2H3,(H,27,30);(H,6,7). The summed E-state index contributed by atoms with van der Waals surface area (Å²) in [7, 11) is 2.09. The molecular weight excluding hydrogens is 513 g/mol. The fourth-order valence-corrected chi connectivity index (χ4v) is 3.95. The second kappa shape index (κ2) is 13.8. The number of aliphatic carboxylic acids is 1. The number of carbonyl (C=O) groups excluding carboxylic acids is 1. The fourth-order valence-electron chi connectivity index (χ4n) is 3.77. The predicted octanol–water partition coefficient (Wildman–Crippen LogP) is 4.57. The molecule has 1 heterocycles. The van der Waals surface area contributed by atoms with Crippen LogP contribution in [0.4, 0.5) is 19.0 Å². The van der Waals surface area contributed by atoms with Crippen molar-refractivity contribution in [1.29, 1.82) is 5.26 Å². The van der Waals surface area contributed by atoms with E-state index in [1.807, 2.05) is 30.3 Å². The van der Waals surface area contributed by atoms with E-state index in [1.165, 1.54) is 6.20 Å². The second-order valence-corrected chi connectivity index (χ2v) is 8.87. The zero-order valence-corrected chi connectivity index (χ0v) is 21.2. The lowest BCUT2D eigenvalue weighted by molar-refractivity contribution is -0.192. The highest BCUT2D eigenvalue weighted by Gasteiger charge is 2.38. The molecule has 1 amide bonds. The Balaban J connectivity index is 0.000000604. The fraction of sp³-hybridized carbons (Fsp3) is 0.458. The van der Waals surface area contributed by atoms with Crippen LogP contribution in [0, 0.1) is 11.3 Å². The van der Waals surface area contributed by atoms with E-state index in [4.69, 9.17) is 26.8 Å². The van der Waals surface area contributed by atoms with E-state index in [0.717, 1.165) is 50.8 Å². The Morgan fingerprint density at radius 1 is 1.24 bits per heavy atom. The highest BCUT2D eigenvalue weighted by molar-refractivity contribution is 6.32. The molecule has 1 fully saturated rings. The van der Waals surface area contributed by atoms with E-state index in [9.17, 15) is 18.0 Å². The average molecular weight is 541 g/mol. The van der Waals surface area contributed by atoms with Gasteiger partial charge < -0.3 is 10.0 Å². The zero-order chi connectivity index (χ0) is 27.6. The smallest absolute Gasteiger partial charge is 0.475 e. The Hall–Kier alpha value is -3.43. The van der Waals surface area contributed by atoms with Crippen molar-refractivity contribution >= 4 is 29.3 Å². The number of nitrogens with one attached hydrogen (secondary N) is 1. The van der Waals surface area contributed by atoms with Crippen LogP contribution in [0.5, 0.6) is 0 Å². The quantitative estimate of drug-likeness (QED) is 0.467. The minimum atomic E-state index is -5.08. The van der Waals surface area contributed by atoms with E-state index in [0.29, 0.717) is 16.4 Å². The summed E-state index contributed by atoms with van der Waals surface area (Å²) in [6.45, 7) is 4.03. The largest absolute Gasteiger partial charge is 0.490 e. The lowest BCUT2D eigenvalue weighted by Crippen LogP contribution is -2.48. The molecule has 1 aliphatic rings. The van der Waals surface area contributed by atoms with Gasteiger partial charge in [-0.1, -0.05) is 43.5 Å². The number of nitrogens with zero attached hydrogens (tertiary/aromatic N) is 5. The van der Waals surface area contributed by atoms with Gasteiger partial charge in [0.25, 0.3) is 5.91 Å². The van der Waals surface area contributed by atoms with Crippen molar-refractivity contribution in [3.63, 3.8) is 0 Å². The number of aromatic nitrogens is 2. The normalized spacial score (nSPS) is 13.5. The van der Waals surface area contributed by atoms with Crippen LogP contribution < -0.4 is 10.4 Å². The van der Waals surface area contributed by atoms with E-state index in [2.05, 4.69) is 34.3 Å². The number of amides is 1. The number of anilines is 1. The zero-order valence-electron chi connectivity index (χ0n) is 20.4. The molecule has 1 aromatic heterocycles. The average Bonchev–Trinajstić information content (AvgIpc) is 3.38. The summed E-state index contributed by atoms with van der Waals surface area (Å²) < 4.78 is 31.7. The number of halogens is 4. The van der Waals surface area contributed by atoms with E-state index in [-0.39, 0.29) is 17.8 Å². The van der Waals surface area contributed by atoms with Gasteiger partial charge in [-0.25, -0.2) is 9.78 Å². The molecule has 0 unspecified atom stereocenters. The van der Waals surface area contributed by atoms with Crippen molar-refractivity contribution < 1.29 is 27.9 Å². The van der Waals surface area contributed by atoms with Crippen LogP contribution in [-0.2, 0) is 11.3 Å². The number of alkyl halides is 3. The molecule has 0 aliphatic heterocycles. The highest BCUT2D eigenvalue weighted by atomic mass is 35.5. The third-order valence-electron chi connectivity index (χ3n) is 5.48. The van der Waals surface area contributed by atoms with E-state index in [1.54, 1.807) is 5.01 Å². The minimum absolute atomic E-state index is 0.0206. The maximum atomic E-state index is 13.0. The molecule has 0 spiro atoms. The molecule has 200 valence electrons. The molecule has 9 nitrogen and oxygen atoms in total. The van der Waals surface area contributed by atoms with Gasteiger partial charge in [0, 0.05) is 12.1 Å². The Kier molecular flexibility index (Phi) is 11.1. The SMILES string of the molecule is CCCN(C)Cc1ccc(C(=O)NN(c2nc(C#N)ncc2Cl)C2CCCC2)cc1.O=C(O)C(F)(F)F. The number of carboxylic acids is 1. The number of hydrogen-bond acceptors (Lipinski definition) is 7. The highest BCUT2D eigenvalue weighted by Crippen LogP contribution is 2.30. The van der Waals surface area contributed by atoms with Gasteiger partial charge in [-0.3, -0.25) is 15.2 Å². The molecule has 1 aliphatic carbocycles. The molecule has 1 saturated carbocycles. The van der Waals surface area contributed by atoms with Gasteiger partial charge in [0.1, 0.15) is 11.1 Å². The number of hydrazine groups is 1. The molecule has 1 aromatic carbocycles. The first-order chi connectivity index (χ1) is 17.5. The van der Waals surface area contributed by atoms with Crippen LogP contribution in [0.25, 0.3) is 0 Å². The number of benzene rings is 1.